The molecule has 11 heavy (non-hydrogen) atoms. The molecule has 1 aliphatic carbocycles. The first-order valence-electron chi connectivity index (χ1n) is 4.37. The van der Waals surface area contributed by atoms with Gasteiger partial charge in [-0.15, -0.1) is 0 Å². The quantitative estimate of drug-likeness (QED) is 0.613. The van der Waals surface area contributed by atoms with Gasteiger partial charge in [-0.3, -0.25) is 0 Å². The molecule has 0 atom stereocenters. The van der Waals surface area contributed by atoms with Gasteiger partial charge in [0.05, 0.1) is 6.10 Å². The molecule has 1 saturated carbocycles. The molecule has 0 unspecified atom stereocenters. The topological polar surface area (TPSA) is 20.2 Å². The monoisotopic (exact) mass is 153 g/mol. The van der Waals surface area contributed by atoms with Crippen molar-refractivity contribution in [1.82, 2.24) is 0 Å². The van der Waals surface area contributed by atoms with Crippen LogP contribution in [-0.4, -0.2) is 11.2 Å². The molecule has 1 radical (unpaired) electrons. The average molecular weight is 153 g/mol. The lowest BCUT2D eigenvalue weighted by Crippen LogP contribution is -2.16. The van der Waals surface area contributed by atoms with Crippen molar-refractivity contribution in [1.29, 1.82) is 0 Å². The molecule has 0 amide bonds. The number of hydrogen-bond acceptors (Lipinski definition) is 1. The summed E-state index contributed by atoms with van der Waals surface area (Å²) in [5.74, 6) is 0.677. The summed E-state index contributed by atoms with van der Waals surface area (Å²) in [6.07, 6.45) is 6.39. The van der Waals surface area contributed by atoms with E-state index in [1.54, 1.807) is 0 Å². The van der Waals surface area contributed by atoms with E-state index < -0.39 is 0 Å². The van der Waals surface area contributed by atoms with Crippen LogP contribution in [0.5, 0.6) is 0 Å². The third kappa shape index (κ3) is 3.06. The fourth-order valence-corrected chi connectivity index (χ4v) is 1.67. The number of allylic oxidation sites excluding steroid dienone is 2. The second kappa shape index (κ2) is 3.91. The van der Waals surface area contributed by atoms with E-state index in [0.717, 1.165) is 31.3 Å². The molecule has 1 heteroatoms. The fourth-order valence-electron chi connectivity index (χ4n) is 1.67. The van der Waals surface area contributed by atoms with Crippen LogP contribution < -0.4 is 0 Å². The third-order valence-electron chi connectivity index (χ3n) is 2.26. The minimum atomic E-state index is -0.0372. The van der Waals surface area contributed by atoms with Crippen molar-refractivity contribution in [3.63, 3.8) is 0 Å². The Morgan fingerprint density at radius 3 is 2.36 bits per heavy atom. The Balaban J connectivity index is 2.34. The number of hydrogen-bond donors (Lipinski definition) is 1. The Hall–Kier alpha value is -0.300. The van der Waals surface area contributed by atoms with Crippen molar-refractivity contribution in [2.75, 3.05) is 0 Å². The molecule has 1 rings (SSSR count). The van der Waals surface area contributed by atoms with Crippen molar-refractivity contribution in [3.05, 3.63) is 18.6 Å². The molecule has 63 valence electrons. The molecule has 0 saturated heterocycles. The highest BCUT2D eigenvalue weighted by atomic mass is 16.3. The van der Waals surface area contributed by atoms with Gasteiger partial charge in [-0.2, -0.15) is 0 Å². The molecule has 0 spiro atoms. The molecule has 0 aromatic rings. The predicted molar refractivity (Wildman–Crippen MR) is 47.1 cm³/mol. The van der Waals surface area contributed by atoms with Crippen LogP contribution in [0.3, 0.4) is 0 Å². The third-order valence-corrected chi connectivity index (χ3v) is 2.26. The molecule has 0 aromatic heterocycles. The molecule has 1 fully saturated rings. The smallest absolute Gasteiger partial charge is 0.0540 e. The van der Waals surface area contributed by atoms with Gasteiger partial charge in [0.25, 0.3) is 0 Å². The van der Waals surface area contributed by atoms with Crippen LogP contribution in [0.4, 0.5) is 0 Å². The fraction of sp³-hybridized carbons (Fsp3) is 0.700. The van der Waals surface area contributed by atoms with Gasteiger partial charge >= 0.3 is 0 Å². The van der Waals surface area contributed by atoms with E-state index in [-0.39, 0.29) is 6.10 Å². The van der Waals surface area contributed by atoms with E-state index in [1.807, 2.05) is 6.92 Å². The van der Waals surface area contributed by atoms with Crippen LogP contribution in [0.2, 0.25) is 0 Å². The molecule has 1 aliphatic rings. The van der Waals surface area contributed by atoms with E-state index in [2.05, 4.69) is 13.0 Å². The lowest BCUT2D eigenvalue weighted by Gasteiger charge is -2.23. The predicted octanol–water partition coefficient (Wildman–Crippen LogP) is 2.32. The lowest BCUT2D eigenvalue weighted by atomic mass is 9.86. The van der Waals surface area contributed by atoms with E-state index in [4.69, 9.17) is 0 Å². The highest BCUT2D eigenvalue weighted by Crippen LogP contribution is 2.25. The average Bonchev–Trinajstić information content (AvgIpc) is 1.93. The van der Waals surface area contributed by atoms with Crippen LogP contribution in [0, 0.1) is 12.8 Å². The van der Waals surface area contributed by atoms with E-state index in [0.29, 0.717) is 5.92 Å². The molecular weight excluding hydrogens is 136 g/mol. The zero-order valence-corrected chi connectivity index (χ0v) is 7.21. The van der Waals surface area contributed by atoms with Gasteiger partial charge in [-0.25, -0.2) is 0 Å². The van der Waals surface area contributed by atoms with Gasteiger partial charge < -0.3 is 5.11 Å². The number of aliphatic hydroxyl groups excluding tert-OH is 1. The molecule has 0 aliphatic heterocycles. The second-order valence-electron chi connectivity index (χ2n) is 3.58. The summed E-state index contributed by atoms with van der Waals surface area (Å²) in [6.45, 7) is 5.88. The van der Waals surface area contributed by atoms with Crippen LogP contribution in [0.15, 0.2) is 11.6 Å². The summed E-state index contributed by atoms with van der Waals surface area (Å²) in [5, 5.41) is 9.22. The second-order valence-corrected chi connectivity index (χ2v) is 3.58. The van der Waals surface area contributed by atoms with Gasteiger partial charge in [-0.05, 0) is 45.4 Å². The molecule has 0 aromatic carbocycles. The molecular formula is C10H17O. The van der Waals surface area contributed by atoms with E-state index in [1.165, 1.54) is 0 Å². The van der Waals surface area contributed by atoms with Gasteiger partial charge in [0.2, 0.25) is 0 Å². The standard InChI is InChI=1S/C10H17O/c1-8(2)7-9-3-5-10(11)6-4-9/h7,9-11H,1,3-6H2,2H3/b8-7+. The Kier molecular flexibility index (Phi) is 3.13. The Morgan fingerprint density at radius 2 is 1.91 bits per heavy atom. The maximum atomic E-state index is 9.22. The first kappa shape index (κ1) is 8.79. The maximum absolute atomic E-state index is 9.22. The highest BCUT2D eigenvalue weighted by Gasteiger charge is 2.16. The van der Waals surface area contributed by atoms with Gasteiger partial charge in [-0.1, -0.05) is 11.6 Å². The first-order valence-corrected chi connectivity index (χ1v) is 4.37. The van der Waals surface area contributed by atoms with Gasteiger partial charge in [0, 0.05) is 0 Å². The Bertz CT molecular complexity index is 137. The molecule has 1 N–H and O–H groups in total. The largest absolute Gasteiger partial charge is 0.393 e. The van der Waals surface area contributed by atoms with Crippen molar-refractivity contribution in [2.45, 2.75) is 38.7 Å². The minimum absolute atomic E-state index is 0.0372. The first-order chi connectivity index (χ1) is 5.18. The SMILES string of the molecule is [CH2]/C(C)=C\C1CCC(O)CC1. The van der Waals surface area contributed by atoms with Crippen molar-refractivity contribution in [3.8, 4) is 0 Å². The van der Waals surface area contributed by atoms with Crippen LogP contribution in [0.25, 0.3) is 0 Å². The van der Waals surface area contributed by atoms with Crippen LogP contribution in [0.1, 0.15) is 32.6 Å². The molecule has 0 bridgehead atoms. The zero-order chi connectivity index (χ0) is 8.27. The summed E-state index contributed by atoms with van der Waals surface area (Å²) in [4.78, 5) is 0. The Labute approximate surface area is 69.1 Å². The van der Waals surface area contributed by atoms with E-state index in [9.17, 15) is 5.11 Å². The van der Waals surface area contributed by atoms with Crippen molar-refractivity contribution in [2.24, 2.45) is 5.92 Å². The Morgan fingerprint density at radius 1 is 1.36 bits per heavy atom. The maximum Gasteiger partial charge on any atom is 0.0540 e. The summed E-state index contributed by atoms with van der Waals surface area (Å²) in [7, 11) is 0. The van der Waals surface area contributed by atoms with Gasteiger partial charge in [0.15, 0.2) is 0 Å². The van der Waals surface area contributed by atoms with Crippen molar-refractivity contribution < 1.29 is 5.11 Å². The highest BCUT2D eigenvalue weighted by molar-refractivity contribution is 5.04. The summed E-state index contributed by atoms with van der Waals surface area (Å²) in [6, 6.07) is 0. The van der Waals surface area contributed by atoms with E-state index >= 15 is 0 Å². The minimum Gasteiger partial charge on any atom is -0.393 e. The van der Waals surface area contributed by atoms with Gasteiger partial charge in [0.1, 0.15) is 0 Å². The molecule has 0 heterocycles. The summed E-state index contributed by atoms with van der Waals surface area (Å²) in [5.41, 5.74) is 1.16. The van der Waals surface area contributed by atoms with Crippen molar-refractivity contribution >= 4 is 0 Å². The molecule has 1 nitrogen and oxygen atoms in total. The number of aliphatic hydroxyl groups is 1. The summed E-state index contributed by atoms with van der Waals surface area (Å²) >= 11 is 0. The van der Waals surface area contributed by atoms with Crippen LogP contribution in [-0.2, 0) is 0 Å². The lowest BCUT2D eigenvalue weighted by molar-refractivity contribution is 0.118. The number of rotatable bonds is 1. The van der Waals surface area contributed by atoms with Crippen LogP contribution >= 0.6 is 0 Å². The normalized spacial score (nSPS) is 33.9. The zero-order valence-electron chi connectivity index (χ0n) is 7.21. The summed E-state index contributed by atoms with van der Waals surface area (Å²) < 4.78 is 0.